The van der Waals surface area contributed by atoms with E-state index in [0.29, 0.717) is 11.4 Å². The molecular weight excluding hydrogens is 364 g/mol. The van der Waals surface area contributed by atoms with Crippen LogP contribution in [-0.4, -0.2) is 48.4 Å². The summed E-state index contributed by atoms with van der Waals surface area (Å²) in [4.78, 5) is 38.9. The van der Waals surface area contributed by atoms with Gasteiger partial charge in [0.05, 0.1) is 7.11 Å². The maximum absolute atomic E-state index is 12.7. The molecule has 2 atom stereocenters. The molecule has 1 aliphatic rings. The molecule has 2 rings (SSSR count). The molecular formula is C20H28N2O6. The predicted octanol–water partition coefficient (Wildman–Crippen LogP) is 2.65. The van der Waals surface area contributed by atoms with Crippen LogP contribution in [0.2, 0.25) is 0 Å². The zero-order valence-electron chi connectivity index (χ0n) is 17.4. The van der Waals surface area contributed by atoms with E-state index in [1.54, 1.807) is 65.8 Å². The minimum atomic E-state index is -1.06. The fourth-order valence-corrected chi connectivity index (χ4v) is 2.70. The van der Waals surface area contributed by atoms with Crippen molar-refractivity contribution in [2.45, 2.75) is 64.8 Å². The third-order valence-electron chi connectivity index (χ3n) is 3.77. The molecule has 154 valence electrons. The number of methoxy groups -OCH3 is 1. The van der Waals surface area contributed by atoms with E-state index in [9.17, 15) is 14.4 Å². The molecule has 1 aromatic carbocycles. The number of alkyl carbamates (subject to hydrolysis) is 1. The van der Waals surface area contributed by atoms with Gasteiger partial charge in [0.15, 0.2) is 6.04 Å². The molecule has 8 heteroatoms. The second-order valence-corrected chi connectivity index (χ2v) is 8.51. The van der Waals surface area contributed by atoms with Gasteiger partial charge in [0.2, 0.25) is 0 Å². The highest BCUT2D eigenvalue weighted by Crippen LogP contribution is 2.31. The average Bonchev–Trinajstić information content (AvgIpc) is 2.54. The van der Waals surface area contributed by atoms with Gasteiger partial charge in [-0.05, 0) is 65.8 Å². The summed E-state index contributed by atoms with van der Waals surface area (Å²) < 4.78 is 15.8. The molecule has 1 saturated heterocycles. The lowest BCUT2D eigenvalue weighted by Crippen LogP contribution is -2.74. The number of rotatable bonds is 4. The summed E-state index contributed by atoms with van der Waals surface area (Å²) in [7, 11) is 1.54. The van der Waals surface area contributed by atoms with Crippen LogP contribution in [0.4, 0.5) is 10.5 Å². The molecule has 0 unspecified atom stereocenters. The number of hydrogen-bond donors (Lipinski definition) is 1. The Morgan fingerprint density at radius 2 is 1.50 bits per heavy atom. The average molecular weight is 392 g/mol. The molecule has 1 N–H and O–H groups in total. The van der Waals surface area contributed by atoms with Crippen molar-refractivity contribution in [2.75, 3.05) is 12.0 Å². The first-order chi connectivity index (χ1) is 12.8. The molecule has 0 spiro atoms. The van der Waals surface area contributed by atoms with Crippen molar-refractivity contribution in [3.63, 3.8) is 0 Å². The van der Waals surface area contributed by atoms with Crippen LogP contribution in [0.25, 0.3) is 0 Å². The summed E-state index contributed by atoms with van der Waals surface area (Å²) in [6.07, 6.45) is -0.770. The van der Waals surface area contributed by atoms with Crippen molar-refractivity contribution in [2.24, 2.45) is 0 Å². The first-order valence-corrected chi connectivity index (χ1v) is 9.02. The van der Waals surface area contributed by atoms with Gasteiger partial charge in [-0.3, -0.25) is 9.69 Å². The lowest BCUT2D eigenvalue weighted by atomic mass is 9.93. The number of esters is 1. The highest BCUT2D eigenvalue weighted by molar-refractivity contribution is 6.14. The SMILES string of the molecule is COc1ccc(N2C(=O)[C@@H](NC(=O)OC(C)(C)C)[C@@H]2C(=O)OC(C)(C)C)cc1. The Kier molecular flexibility index (Phi) is 5.91. The van der Waals surface area contributed by atoms with E-state index in [1.807, 2.05) is 0 Å². The Morgan fingerprint density at radius 3 is 1.96 bits per heavy atom. The molecule has 1 aromatic rings. The van der Waals surface area contributed by atoms with Crippen LogP contribution in [0.5, 0.6) is 5.75 Å². The number of ether oxygens (including phenoxy) is 3. The van der Waals surface area contributed by atoms with Crippen molar-refractivity contribution in [1.82, 2.24) is 5.32 Å². The first kappa shape index (κ1) is 21.5. The van der Waals surface area contributed by atoms with Crippen molar-refractivity contribution < 1.29 is 28.6 Å². The van der Waals surface area contributed by atoms with Crippen LogP contribution in [-0.2, 0) is 19.1 Å². The van der Waals surface area contributed by atoms with Crippen molar-refractivity contribution in [3.8, 4) is 5.75 Å². The van der Waals surface area contributed by atoms with E-state index < -0.39 is 41.3 Å². The van der Waals surface area contributed by atoms with Gasteiger partial charge < -0.3 is 19.5 Å². The van der Waals surface area contributed by atoms with Gasteiger partial charge in [0.25, 0.3) is 5.91 Å². The van der Waals surface area contributed by atoms with Gasteiger partial charge >= 0.3 is 12.1 Å². The highest BCUT2D eigenvalue weighted by atomic mass is 16.6. The normalized spacial score (nSPS) is 19.5. The fraction of sp³-hybridized carbons (Fsp3) is 0.550. The largest absolute Gasteiger partial charge is 0.497 e. The number of benzene rings is 1. The van der Waals surface area contributed by atoms with Crippen molar-refractivity contribution >= 4 is 23.7 Å². The molecule has 0 saturated carbocycles. The molecule has 0 aromatic heterocycles. The van der Waals surface area contributed by atoms with Crippen molar-refractivity contribution in [1.29, 1.82) is 0 Å². The van der Waals surface area contributed by atoms with Gasteiger partial charge in [-0.15, -0.1) is 0 Å². The number of nitrogens with one attached hydrogen (secondary N) is 1. The number of amides is 2. The van der Waals surface area contributed by atoms with Gasteiger partial charge in [-0.25, -0.2) is 9.59 Å². The summed E-state index contributed by atoms with van der Waals surface area (Å²) >= 11 is 0. The number of carbonyl (C=O) groups is 3. The van der Waals surface area contributed by atoms with E-state index in [-0.39, 0.29) is 0 Å². The molecule has 0 bridgehead atoms. The smallest absolute Gasteiger partial charge is 0.408 e. The fourth-order valence-electron chi connectivity index (χ4n) is 2.70. The van der Waals surface area contributed by atoms with E-state index in [1.165, 1.54) is 12.0 Å². The van der Waals surface area contributed by atoms with Crippen LogP contribution in [0.3, 0.4) is 0 Å². The summed E-state index contributed by atoms with van der Waals surface area (Å²) in [5.74, 6) is -0.412. The summed E-state index contributed by atoms with van der Waals surface area (Å²) in [6.45, 7) is 10.3. The second kappa shape index (κ2) is 7.69. The molecule has 28 heavy (non-hydrogen) atoms. The second-order valence-electron chi connectivity index (χ2n) is 8.51. The molecule has 1 aliphatic heterocycles. The Balaban J connectivity index is 2.25. The third kappa shape index (κ3) is 5.15. The topological polar surface area (TPSA) is 94.2 Å². The molecule has 1 fully saturated rings. The molecule has 2 amide bonds. The van der Waals surface area contributed by atoms with Crippen LogP contribution < -0.4 is 15.0 Å². The molecule has 0 aliphatic carbocycles. The van der Waals surface area contributed by atoms with E-state index in [0.717, 1.165) is 0 Å². The Bertz CT molecular complexity index is 745. The third-order valence-corrected chi connectivity index (χ3v) is 3.77. The number of β-lactam (4-membered cyclic amide) rings is 1. The van der Waals surface area contributed by atoms with Gasteiger partial charge in [-0.1, -0.05) is 0 Å². The van der Waals surface area contributed by atoms with Crippen LogP contribution in [0, 0.1) is 0 Å². The van der Waals surface area contributed by atoms with Crippen LogP contribution >= 0.6 is 0 Å². The van der Waals surface area contributed by atoms with Crippen LogP contribution in [0.15, 0.2) is 24.3 Å². The lowest BCUT2D eigenvalue weighted by Gasteiger charge is -2.45. The number of anilines is 1. The zero-order chi connectivity index (χ0) is 21.3. The Morgan fingerprint density at radius 1 is 0.964 bits per heavy atom. The van der Waals surface area contributed by atoms with Crippen molar-refractivity contribution in [3.05, 3.63) is 24.3 Å². The van der Waals surface area contributed by atoms with E-state index >= 15 is 0 Å². The van der Waals surface area contributed by atoms with E-state index in [2.05, 4.69) is 5.32 Å². The number of hydrogen-bond acceptors (Lipinski definition) is 6. The van der Waals surface area contributed by atoms with Gasteiger partial charge in [0.1, 0.15) is 23.0 Å². The van der Waals surface area contributed by atoms with Gasteiger partial charge in [-0.2, -0.15) is 0 Å². The number of carbonyl (C=O) groups excluding carboxylic acids is 3. The van der Waals surface area contributed by atoms with E-state index in [4.69, 9.17) is 14.2 Å². The maximum atomic E-state index is 12.7. The Hall–Kier alpha value is -2.77. The van der Waals surface area contributed by atoms with Gasteiger partial charge in [0, 0.05) is 5.69 Å². The summed E-state index contributed by atoms with van der Waals surface area (Å²) in [5, 5.41) is 2.48. The zero-order valence-corrected chi connectivity index (χ0v) is 17.4. The molecule has 1 heterocycles. The highest BCUT2D eigenvalue weighted by Gasteiger charge is 2.55. The lowest BCUT2D eigenvalue weighted by molar-refractivity contribution is -0.162. The summed E-state index contributed by atoms with van der Waals surface area (Å²) in [5.41, 5.74) is -0.963. The van der Waals surface area contributed by atoms with Crippen LogP contribution in [0.1, 0.15) is 41.5 Å². The maximum Gasteiger partial charge on any atom is 0.408 e. The minimum absolute atomic E-state index is 0.424. The monoisotopic (exact) mass is 392 g/mol. The molecule has 8 nitrogen and oxygen atoms in total. The quantitative estimate of drug-likeness (QED) is 0.625. The summed E-state index contributed by atoms with van der Waals surface area (Å²) in [6, 6.07) is 4.64. The first-order valence-electron chi connectivity index (χ1n) is 9.02. The number of nitrogens with zero attached hydrogens (tertiary/aromatic N) is 1. The Labute approximate surface area is 165 Å². The minimum Gasteiger partial charge on any atom is -0.497 e. The standard InChI is InChI=1S/C20H28N2O6/c1-19(2,3)27-17(24)15-14(21-18(25)28-20(4,5)6)16(23)22(15)12-8-10-13(26-7)11-9-12/h8-11,14-15H,1-7H3,(H,21,25)/t14-,15+/m0/s1. The molecule has 0 radical (unpaired) electrons. The predicted molar refractivity (Wildman–Crippen MR) is 103 cm³/mol.